The predicted molar refractivity (Wildman–Crippen MR) is 99.5 cm³/mol. The van der Waals surface area contributed by atoms with E-state index >= 15 is 0 Å². The van der Waals surface area contributed by atoms with Crippen molar-refractivity contribution in [2.45, 2.75) is 6.17 Å². The molecule has 0 fully saturated rings. The molecule has 0 unspecified atom stereocenters. The van der Waals surface area contributed by atoms with Crippen molar-refractivity contribution in [1.82, 2.24) is 0 Å². The Morgan fingerprint density at radius 3 is 2.23 bits per heavy atom. The third-order valence-corrected chi connectivity index (χ3v) is 4.43. The second kappa shape index (κ2) is 6.37. The summed E-state index contributed by atoms with van der Waals surface area (Å²) in [4.78, 5) is 26.0. The van der Waals surface area contributed by atoms with Crippen LogP contribution in [0, 0.1) is 0 Å². The summed E-state index contributed by atoms with van der Waals surface area (Å²) in [5.74, 6) is -1.08. The first kappa shape index (κ1) is 15.9. The topological polar surface area (TPSA) is 69.6 Å². The number of hydrogen-bond donors (Lipinski definition) is 2. The Hall–Kier alpha value is -3.60. The van der Waals surface area contributed by atoms with Gasteiger partial charge >= 0.3 is 5.97 Å². The lowest BCUT2D eigenvalue weighted by atomic mass is 10.0. The average Bonchev–Trinajstić information content (AvgIpc) is 2.68. The van der Waals surface area contributed by atoms with Crippen LogP contribution >= 0.6 is 0 Å². The Morgan fingerprint density at radius 1 is 0.885 bits per heavy atom. The zero-order valence-corrected chi connectivity index (χ0v) is 13.8. The Kier molecular flexibility index (Phi) is 3.89. The lowest BCUT2D eigenvalue weighted by Gasteiger charge is -2.38. The van der Waals surface area contributed by atoms with Crippen LogP contribution in [0.3, 0.4) is 0 Å². The molecule has 1 heterocycles. The maximum absolute atomic E-state index is 13.2. The van der Waals surface area contributed by atoms with Crippen molar-refractivity contribution < 1.29 is 14.7 Å². The van der Waals surface area contributed by atoms with Crippen molar-refractivity contribution in [3.05, 3.63) is 95.6 Å². The van der Waals surface area contributed by atoms with Crippen molar-refractivity contribution in [1.29, 1.82) is 0 Å². The number of nitrogens with one attached hydrogen (secondary N) is 1. The third kappa shape index (κ3) is 2.69. The number of nitrogens with zero attached hydrogens (tertiary/aromatic N) is 1. The van der Waals surface area contributed by atoms with Crippen LogP contribution in [0.1, 0.15) is 32.4 Å². The number of amides is 1. The van der Waals surface area contributed by atoms with E-state index in [-0.39, 0.29) is 11.5 Å². The fraction of sp³-hybridized carbons (Fsp3) is 0.0476. The molecule has 5 heteroatoms. The van der Waals surface area contributed by atoms with E-state index in [2.05, 4.69) is 5.32 Å². The van der Waals surface area contributed by atoms with Crippen molar-refractivity contribution in [2.24, 2.45) is 0 Å². The largest absolute Gasteiger partial charge is 0.478 e. The highest BCUT2D eigenvalue weighted by Crippen LogP contribution is 2.36. The normalized spacial score (nSPS) is 15.9. The van der Waals surface area contributed by atoms with Crippen LogP contribution in [0.4, 0.5) is 11.4 Å². The van der Waals surface area contributed by atoms with Gasteiger partial charge in [-0.2, -0.15) is 0 Å². The predicted octanol–water partition coefficient (Wildman–Crippen LogP) is 4.16. The van der Waals surface area contributed by atoms with Crippen LogP contribution in [0.2, 0.25) is 0 Å². The SMILES string of the molecule is O=C(O)c1ccc([C@@H]2Nc3ccccc3C(=O)N2c2ccccc2)cc1. The molecule has 0 aromatic heterocycles. The Balaban J connectivity index is 1.82. The van der Waals surface area contributed by atoms with Crippen LogP contribution in [0.25, 0.3) is 0 Å². The number of rotatable bonds is 3. The van der Waals surface area contributed by atoms with E-state index in [4.69, 9.17) is 5.11 Å². The molecule has 1 atom stereocenters. The van der Waals surface area contributed by atoms with Gasteiger partial charge < -0.3 is 10.4 Å². The molecule has 1 amide bonds. The van der Waals surface area contributed by atoms with E-state index < -0.39 is 12.1 Å². The van der Waals surface area contributed by atoms with Crippen molar-refractivity contribution in [3.8, 4) is 0 Å². The van der Waals surface area contributed by atoms with Crippen LogP contribution in [0.15, 0.2) is 78.9 Å². The second-order valence-corrected chi connectivity index (χ2v) is 6.03. The second-order valence-electron chi connectivity index (χ2n) is 6.03. The zero-order valence-electron chi connectivity index (χ0n) is 13.8. The van der Waals surface area contributed by atoms with Gasteiger partial charge in [0.2, 0.25) is 0 Å². The van der Waals surface area contributed by atoms with Gasteiger partial charge in [0, 0.05) is 11.4 Å². The van der Waals surface area contributed by atoms with Crippen molar-refractivity contribution >= 4 is 23.3 Å². The smallest absolute Gasteiger partial charge is 0.335 e. The molecule has 0 bridgehead atoms. The van der Waals surface area contributed by atoms with E-state index in [0.717, 1.165) is 16.9 Å². The molecular weight excluding hydrogens is 328 g/mol. The van der Waals surface area contributed by atoms with Gasteiger partial charge in [0.1, 0.15) is 6.17 Å². The van der Waals surface area contributed by atoms with E-state index in [1.807, 2.05) is 48.5 Å². The minimum atomic E-state index is -0.977. The number of carbonyl (C=O) groups is 2. The Morgan fingerprint density at radius 2 is 1.54 bits per heavy atom. The van der Waals surface area contributed by atoms with Gasteiger partial charge in [-0.1, -0.05) is 42.5 Å². The molecule has 4 rings (SSSR count). The zero-order chi connectivity index (χ0) is 18.1. The summed E-state index contributed by atoms with van der Waals surface area (Å²) < 4.78 is 0. The number of aromatic carboxylic acids is 1. The fourth-order valence-electron chi connectivity index (χ4n) is 3.15. The van der Waals surface area contributed by atoms with Crippen molar-refractivity contribution in [3.63, 3.8) is 0 Å². The number of carbonyl (C=O) groups excluding carboxylic acids is 1. The molecule has 5 nitrogen and oxygen atoms in total. The van der Waals surface area contributed by atoms with E-state index in [9.17, 15) is 9.59 Å². The van der Waals surface area contributed by atoms with Crippen LogP contribution in [-0.4, -0.2) is 17.0 Å². The minimum Gasteiger partial charge on any atom is -0.478 e. The molecule has 0 saturated heterocycles. The molecule has 0 aliphatic carbocycles. The number of anilines is 2. The van der Waals surface area contributed by atoms with Gasteiger partial charge in [-0.25, -0.2) is 4.79 Å². The van der Waals surface area contributed by atoms with Crippen LogP contribution in [0.5, 0.6) is 0 Å². The highest BCUT2D eigenvalue weighted by atomic mass is 16.4. The van der Waals surface area contributed by atoms with Crippen LogP contribution in [-0.2, 0) is 0 Å². The first-order valence-electron chi connectivity index (χ1n) is 8.22. The molecule has 128 valence electrons. The number of hydrogen-bond acceptors (Lipinski definition) is 3. The fourth-order valence-corrected chi connectivity index (χ4v) is 3.15. The van der Waals surface area contributed by atoms with Gasteiger partial charge in [0.25, 0.3) is 5.91 Å². The number of fused-ring (bicyclic) bond motifs is 1. The highest BCUT2D eigenvalue weighted by Gasteiger charge is 2.33. The number of para-hydroxylation sites is 2. The lowest BCUT2D eigenvalue weighted by Crippen LogP contribution is -2.43. The summed E-state index contributed by atoms with van der Waals surface area (Å²) >= 11 is 0. The summed E-state index contributed by atoms with van der Waals surface area (Å²) in [6.07, 6.45) is -0.428. The van der Waals surface area contributed by atoms with E-state index in [1.54, 1.807) is 35.2 Å². The number of carboxylic acid groups (broad SMARTS) is 1. The van der Waals surface area contributed by atoms with Gasteiger partial charge in [0.15, 0.2) is 0 Å². The molecule has 0 radical (unpaired) electrons. The standard InChI is InChI=1S/C21H16N2O3/c24-20-17-8-4-5-9-18(17)22-19(23(20)16-6-2-1-3-7-16)14-10-12-15(13-11-14)21(25)26/h1-13,19,22H,(H,25,26)/t19-/m1/s1. The summed E-state index contributed by atoms with van der Waals surface area (Å²) in [5, 5.41) is 12.5. The summed E-state index contributed by atoms with van der Waals surface area (Å²) in [5.41, 5.74) is 3.16. The molecule has 26 heavy (non-hydrogen) atoms. The molecule has 1 aliphatic heterocycles. The van der Waals surface area contributed by atoms with Gasteiger partial charge in [-0.05, 0) is 42.0 Å². The first-order valence-corrected chi connectivity index (χ1v) is 8.22. The number of benzene rings is 3. The van der Waals surface area contributed by atoms with E-state index in [0.29, 0.717) is 5.56 Å². The quantitative estimate of drug-likeness (QED) is 0.749. The summed E-state index contributed by atoms with van der Waals surface area (Å²) in [6, 6.07) is 23.4. The molecule has 0 spiro atoms. The molecule has 1 aliphatic rings. The van der Waals surface area contributed by atoms with Gasteiger partial charge in [-0.15, -0.1) is 0 Å². The van der Waals surface area contributed by atoms with Gasteiger partial charge in [0.05, 0.1) is 11.1 Å². The first-order chi connectivity index (χ1) is 12.6. The average molecular weight is 344 g/mol. The Bertz CT molecular complexity index is 968. The van der Waals surface area contributed by atoms with Crippen molar-refractivity contribution in [2.75, 3.05) is 10.2 Å². The highest BCUT2D eigenvalue weighted by molar-refractivity contribution is 6.12. The molecule has 3 aromatic rings. The minimum absolute atomic E-state index is 0.0992. The molecule has 0 saturated carbocycles. The van der Waals surface area contributed by atoms with E-state index in [1.165, 1.54) is 0 Å². The number of carboxylic acids is 1. The Labute approximate surface area is 150 Å². The lowest BCUT2D eigenvalue weighted by molar-refractivity contribution is 0.0696. The molecular formula is C21H16N2O3. The van der Waals surface area contributed by atoms with Crippen LogP contribution < -0.4 is 10.2 Å². The maximum atomic E-state index is 13.2. The third-order valence-electron chi connectivity index (χ3n) is 4.43. The molecule has 2 N–H and O–H groups in total. The summed E-state index contributed by atoms with van der Waals surface area (Å²) in [7, 11) is 0. The van der Waals surface area contributed by atoms with Gasteiger partial charge in [-0.3, -0.25) is 9.69 Å². The maximum Gasteiger partial charge on any atom is 0.335 e. The summed E-state index contributed by atoms with van der Waals surface area (Å²) in [6.45, 7) is 0. The monoisotopic (exact) mass is 344 g/mol. The molecule has 3 aromatic carbocycles.